The number of piperidine rings is 1. The Morgan fingerprint density at radius 3 is 2.96 bits per heavy atom. The molecule has 0 aromatic heterocycles. The number of carbonyl (C=O) groups excluding carboxylic acids is 1. The number of halogens is 1. The number of likely N-dealkylation sites (N-methyl/N-ethyl adjacent to an activating group) is 1. The van der Waals surface area contributed by atoms with Crippen molar-refractivity contribution in [2.75, 3.05) is 33.4 Å². The van der Waals surface area contributed by atoms with Crippen LogP contribution in [0.5, 0.6) is 0 Å². The molecular weight excluding hydrogens is 351 g/mol. The molecule has 0 aliphatic carbocycles. The standard InChI is InChI=1S/C17H31FN8O/c1-9-14(25(2)8-22-9)11-3-4-20-6-12(11)23-17(27)13-15(19)24-26-7-10(18)5-21-16(13)26/h7,9,11-16,20-22,24H,3-6,8,19H2,1-2H3,(H,23,27). The van der Waals surface area contributed by atoms with Crippen LogP contribution >= 0.6 is 0 Å². The Bertz CT molecular complexity index is 593. The number of hydrogen-bond acceptors (Lipinski definition) is 8. The van der Waals surface area contributed by atoms with Crippen molar-refractivity contribution in [1.82, 2.24) is 36.6 Å². The van der Waals surface area contributed by atoms with Gasteiger partial charge in [-0.15, -0.1) is 0 Å². The number of carbonyl (C=O) groups is 1. The molecule has 7 unspecified atom stereocenters. The van der Waals surface area contributed by atoms with Gasteiger partial charge >= 0.3 is 0 Å². The fourth-order valence-corrected chi connectivity index (χ4v) is 5.07. The molecule has 3 fully saturated rings. The van der Waals surface area contributed by atoms with Crippen LogP contribution in [0.15, 0.2) is 12.0 Å². The molecule has 4 aliphatic rings. The van der Waals surface area contributed by atoms with Crippen molar-refractivity contribution in [1.29, 1.82) is 0 Å². The molecule has 0 saturated carbocycles. The summed E-state index contributed by atoms with van der Waals surface area (Å²) in [6, 6.07) is 0.809. The maximum atomic E-state index is 13.5. The van der Waals surface area contributed by atoms with Gasteiger partial charge in [0.15, 0.2) is 0 Å². The average Bonchev–Trinajstić information content (AvgIpc) is 3.13. The molecule has 152 valence electrons. The number of amides is 1. The van der Waals surface area contributed by atoms with Crippen molar-refractivity contribution in [2.24, 2.45) is 17.6 Å². The second-order valence-electron chi connectivity index (χ2n) is 8.16. The van der Waals surface area contributed by atoms with Gasteiger partial charge in [-0.1, -0.05) is 0 Å². The number of nitrogens with two attached hydrogens (primary N) is 1. The Morgan fingerprint density at radius 1 is 1.41 bits per heavy atom. The van der Waals surface area contributed by atoms with Crippen molar-refractivity contribution in [3.05, 3.63) is 12.0 Å². The summed E-state index contributed by atoms with van der Waals surface area (Å²) in [6.45, 7) is 4.89. The Kier molecular flexibility index (Phi) is 5.36. The van der Waals surface area contributed by atoms with E-state index >= 15 is 0 Å². The number of rotatable bonds is 3. The van der Waals surface area contributed by atoms with Crippen molar-refractivity contribution < 1.29 is 9.18 Å². The lowest BCUT2D eigenvalue weighted by atomic mass is 9.82. The molecule has 0 spiro atoms. The van der Waals surface area contributed by atoms with E-state index in [1.807, 2.05) is 0 Å². The molecule has 7 atom stereocenters. The van der Waals surface area contributed by atoms with Crippen molar-refractivity contribution in [3.8, 4) is 0 Å². The van der Waals surface area contributed by atoms with Crippen LogP contribution < -0.4 is 32.4 Å². The minimum absolute atomic E-state index is 0.0400. The third-order valence-corrected chi connectivity index (χ3v) is 6.37. The summed E-state index contributed by atoms with van der Waals surface area (Å²) < 4.78 is 13.5. The first-order valence-electron chi connectivity index (χ1n) is 9.80. The van der Waals surface area contributed by atoms with Gasteiger partial charge in [-0.2, -0.15) is 0 Å². The van der Waals surface area contributed by atoms with Gasteiger partial charge in [0.2, 0.25) is 5.91 Å². The third-order valence-electron chi connectivity index (χ3n) is 6.37. The number of hydrogen-bond donors (Lipinski definition) is 6. The van der Waals surface area contributed by atoms with Gasteiger partial charge in [0.1, 0.15) is 17.9 Å². The van der Waals surface area contributed by atoms with E-state index in [1.165, 1.54) is 6.20 Å². The summed E-state index contributed by atoms with van der Waals surface area (Å²) in [5, 5.41) is 14.8. The van der Waals surface area contributed by atoms with E-state index in [0.29, 0.717) is 18.0 Å². The number of hydrazine groups is 1. The maximum absolute atomic E-state index is 13.5. The predicted octanol–water partition coefficient (Wildman–Crippen LogP) is -2.21. The molecule has 27 heavy (non-hydrogen) atoms. The highest BCUT2D eigenvalue weighted by Crippen LogP contribution is 2.28. The molecule has 0 aromatic rings. The zero-order chi connectivity index (χ0) is 19.1. The second kappa shape index (κ2) is 7.61. The van der Waals surface area contributed by atoms with Crippen molar-refractivity contribution in [2.45, 2.75) is 43.8 Å². The quantitative estimate of drug-likeness (QED) is 0.326. The van der Waals surface area contributed by atoms with Gasteiger partial charge in [-0.3, -0.25) is 20.0 Å². The van der Waals surface area contributed by atoms with Gasteiger partial charge in [-0.05, 0) is 32.9 Å². The number of nitrogens with one attached hydrogen (secondary N) is 5. The largest absolute Gasteiger partial charge is 0.351 e. The molecule has 0 bridgehead atoms. The Balaban J connectivity index is 1.46. The summed E-state index contributed by atoms with van der Waals surface area (Å²) in [7, 11) is 2.13. The van der Waals surface area contributed by atoms with E-state index in [9.17, 15) is 9.18 Å². The Hall–Kier alpha value is -1.30. The summed E-state index contributed by atoms with van der Waals surface area (Å²) >= 11 is 0. The predicted molar refractivity (Wildman–Crippen MR) is 99.3 cm³/mol. The summed E-state index contributed by atoms with van der Waals surface area (Å²) in [6.07, 6.45) is 1.49. The van der Waals surface area contributed by atoms with Crippen molar-refractivity contribution in [3.63, 3.8) is 0 Å². The highest BCUT2D eigenvalue weighted by atomic mass is 19.1. The minimum atomic E-state index is -0.561. The third kappa shape index (κ3) is 3.57. The van der Waals surface area contributed by atoms with E-state index in [0.717, 1.165) is 26.2 Å². The highest BCUT2D eigenvalue weighted by Gasteiger charge is 2.47. The van der Waals surface area contributed by atoms with Crippen LogP contribution in [-0.2, 0) is 4.79 Å². The van der Waals surface area contributed by atoms with E-state index in [4.69, 9.17) is 5.73 Å². The monoisotopic (exact) mass is 382 g/mol. The van der Waals surface area contributed by atoms with Gasteiger partial charge in [0.05, 0.1) is 18.9 Å². The second-order valence-corrected chi connectivity index (χ2v) is 8.16. The van der Waals surface area contributed by atoms with Crippen molar-refractivity contribution >= 4 is 5.91 Å². The first-order valence-corrected chi connectivity index (χ1v) is 9.80. The molecule has 4 rings (SSSR count). The SMILES string of the molecule is CC1NCN(C)C1C1CCNCC1NC(=O)C1C(N)NN2C=C(F)CNC12. The van der Waals surface area contributed by atoms with Gasteiger partial charge in [0.25, 0.3) is 0 Å². The topological polar surface area (TPSA) is 110 Å². The fourth-order valence-electron chi connectivity index (χ4n) is 5.07. The zero-order valence-corrected chi connectivity index (χ0v) is 15.9. The Morgan fingerprint density at radius 2 is 2.22 bits per heavy atom. The average molecular weight is 382 g/mol. The summed E-state index contributed by atoms with van der Waals surface area (Å²) in [5.41, 5.74) is 9.12. The first-order chi connectivity index (χ1) is 13.0. The normalized spacial score (nSPS) is 42.7. The van der Waals surface area contributed by atoms with E-state index in [-0.39, 0.29) is 30.5 Å². The lowest BCUT2D eigenvalue weighted by molar-refractivity contribution is -0.127. The van der Waals surface area contributed by atoms with Gasteiger partial charge in [-0.25, -0.2) is 9.82 Å². The molecule has 3 saturated heterocycles. The Labute approximate surface area is 159 Å². The fraction of sp³-hybridized carbons (Fsp3) is 0.824. The lowest BCUT2D eigenvalue weighted by Gasteiger charge is -2.41. The van der Waals surface area contributed by atoms with Crippen LogP contribution in [0.2, 0.25) is 0 Å². The molecule has 0 radical (unpaired) electrons. The van der Waals surface area contributed by atoms with Crippen LogP contribution in [0, 0.1) is 11.8 Å². The molecule has 9 nitrogen and oxygen atoms in total. The van der Waals surface area contributed by atoms with Gasteiger partial charge < -0.3 is 21.7 Å². The van der Waals surface area contributed by atoms with E-state index in [1.54, 1.807) is 5.01 Å². The maximum Gasteiger partial charge on any atom is 0.229 e. The smallest absolute Gasteiger partial charge is 0.229 e. The zero-order valence-electron chi connectivity index (χ0n) is 15.9. The van der Waals surface area contributed by atoms with E-state index in [2.05, 4.69) is 45.6 Å². The van der Waals surface area contributed by atoms with Crippen LogP contribution in [0.3, 0.4) is 0 Å². The molecule has 10 heteroatoms. The highest BCUT2D eigenvalue weighted by molar-refractivity contribution is 5.81. The van der Waals surface area contributed by atoms with Gasteiger partial charge in [0, 0.05) is 31.3 Å². The molecule has 4 heterocycles. The van der Waals surface area contributed by atoms with E-state index < -0.39 is 12.1 Å². The molecular formula is C17H31FN8O. The summed E-state index contributed by atoms with van der Waals surface area (Å²) in [5.74, 6) is -0.502. The molecule has 4 aliphatic heterocycles. The lowest BCUT2D eigenvalue weighted by Crippen LogP contribution is -2.61. The number of nitrogens with zero attached hydrogens (tertiary/aromatic N) is 2. The van der Waals surface area contributed by atoms with Crippen LogP contribution in [0.1, 0.15) is 13.3 Å². The molecule has 0 aromatic carbocycles. The first kappa shape index (κ1) is 19.0. The number of fused-ring (bicyclic) bond motifs is 1. The molecule has 1 amide bonds. The van der Waals surface area contributed by atoms with Crippen LogP contribution in [-0.4, -0.2) is 79.6 Å². The summed E-state index contributed by atoms with van der Waals surface area (Å²) in [4.78, 5) is 15.4. The van der Waals surface area contributed by atoms with Crippen LogP contribution in [0.4, 0.5) is 4.39 Å². The van der Waals surface area contributed by atoms with Crippen LogP contribution in [0.25, 0.3) is 0 Å². The molecule has 7 N–H and O–H groups in total. The minimum Gasteiger partial charge on any atom is -0.351 e.